The number of hydrogen-bond donors (Lipinski definition) is 0. The Morgan fingerprint density at radius 2 is 1.06 bits per heavy atom. The average molecular weight is 216 g/mol. The maximum atomic E-state index is 5.47. The van der Waals surface area contributed by atoms with Gasteiger partial charge in [-0.1, -0.05) is 13.2 Å². The summed E-state index contributed by atoms with van der Waals surface area (Å²) in [6, 6.07) is 0. The van der Waals surface area contributed by atoms with Gasteiger partial charge in [-0.05, 0) is 35.5 Å². The molecule has 2 nitrogen and oxygen atoms in total. The maximum absolute atomic E-state index is 5.47. The van der Waals surface area contributed by atoms with E-state index >= 15 is 0 Å². The Morgan fingerprint density at radius 1 is 0.750 bits per heavy atom. The molecule has 0 bridgehead atoms. The van der Waals surface area contributed by atoms with Crippen molar-refractivity contribution in [1.82, 2.24) is 0 Å². The third-order valence-electron chi connectivity index (χ3n) is 6.95. The second kappa shape index (κ2) is 1.96. The lowest BCUT2D eigenvalue weighted by atomic mass is 8.92. The van der Waals surface area contributed by atoms with Crippen LogP contribution in [-0.2, 0) is 9.47 Å². The van der Waals surface area contributed by atoms with Gasteiger partial charge in [-0.3, -0.25) is 0 Å². The zero-order valence-electron chi connectivity index (χ0n) is 9.26. The molecule has 6 aliphatic rings. The van der Waals surface area contributed by atoms with Crippen molar-refractivity contribution >= 4 is 0 Å². The SMILES string of the molecule is C=COCC12C3C4C1C1C2C3C41COC=C. The van der Waals surface area contributed by atoms with Gasteiger partial charge in [0.1, 0.15) is 0 Å². The van der Waals surface area contributed by atoms with Crippen LogP contribution in [0.15, 0.2) is 25.7 Å². The van der Waals surface area contributed by atoms with Gasteiger partial charge < -0.3 is 9.47 Å². The van der Waals surface area contributed by atoms with E-state index < -0.39 is 0 Å². The lowest BCUT2D eigenvalue weighted by Gasteiger charge is -3.11. The van der Waals surface area contributed by atoms with Crippen LogP contribution in [0.1, 0.15) is 0 Å². The smallest absolute Gasteiger partial charge is 0.0937 e. The summed E-state index contributed by atoms with van der Waals surface area (Å²) in [6.07, 6.45) is 3.22. The Morgan fingerprint density at radius 3 is 1.31 bits per heavy atom. The molecule has 0 aromatic heterocycles. The molecular weight excluding hydrogens is 200 g/mol. The Hall–Kier alpha value is -0.920. The topological polar surface area (TPSA) is 18.5 Å². The van der Waals surface area contributed by atoms with Crippen molar-refractivity contribution < 1.29 is 9.47 Å². The molecular formula is C14H16O2. The molecule has 0 saturated heterocycles. The van der Waals surface area contributed by atoms with Gasteiger partial charge in [0.05, 0.1) is 25.7 Å². The second-order valence-electron chi connectivity index (χ2n) is 6.33. The average Bonchev–Trinajstić information content (AvgIpc) is 2.34. The summed E-state index contributed by atoms with van der Waals surface area (Å²) < 4.78 is 10.9. The third-order valence-corrected chi connectivity index (χ3v) is 6.95. The van der Waals surface area contributed by atoms with Crippen LogP contribution in [0.3, 0.4) is 0 Å². The highest BCUT2D eigenvalue weighted by atomic mass is 16.5. The van der Waals surface area contributed by atoms with Crippen LogP contribution < -0.4 is 0 Å². The first-order chi connectivity index (χ1) is 7.85. The van der Waals surface area contributed by atoms with Crippen LogP contribution in [0.4, 0.5) is 0 Å². The molecule has 6 saturated carbocycles. The van der Waals surface area contributed by atoms with Gasteiger partial charge in [-0.15, -0.1) is 0 Å². The van der Waals surface area contributed by atoms with Crippen molar-refractivity contribution in [3.63, 3.8) is 0 Å². The summed E-state index contributed by atoms with van der Waals surface area (Å²) in [4.78, 5) is 0. The van der Waals surface area contributed by atoms with E-state index in [1.54, 1.807) is 12.5 Å². The molecule has 0 atom stereocenters. The van der Waals surface area contributed by atoms with Gasteiger partial charge in [-0.2, -0.15) is 0 Å². The first-order valence-corrected chi connectivity index (χ1v) is 6.30. The fourth-order valence-electron chi connectivity index (χ4n) is 6.96. The van der Waals surface area contributed by atoms with Gasteiger partial charge >= 0.3 is 0 Å². The van der Waals surface area contributed by atoms with Gasteiger partial charge in [-0.25, -0.2) is 0 Å². The van der Waals surface area contributed by atoms with Crippen LogP contribution in [0.25, 0.3) is 0 Å². The number of ether oxygens (including phenoxy) is 2. The molecule has 6 aliphatic carbocycles. The Kier molecular flexibility index (Phi) is 1.00. The zero-order chi connectivity index (χ0) is 10.7. The molecule has 0 N–H and O–H groups in total. The van der Waals surface area contributed by atoms with Crippen LogP contribution >= 0.6 is 0 Å². The minimum Gasteiger partial charge on any atom is -0.501 e. The molecule has 2 heteroatoms. The number of rotatable bonds is 6. The monoisotopic (exact) mass is 216 g/mol. The van der Waals surface area contributed by atoms with E-state index in [2.05, 4.69) is 13.2 Å². The molecule has 0 radical (unpaired) electrons. The molecule has 0 spiro atoms. The standard InChI is InChI=1S/C14H16O2/c1-3-15-5-13-7-10-8(13)12-9(13)11(7)14(10,12)6-16-4-2/h3-4,7-12H,1-2,5-6H2. The molecule has 84 valence electrons. The highest BCUT2D eigenvalue weighted by molar-refractivity contribution is 5.55. The minimum absolute atomic E-state index is 0.615. The molecule has 0 heterocycles. The summed E-state index contributed by atoms with van der Waals surface area (Å²) in [5, 5.41) is 0. The van der Waals surface area contributed by atoms with Gasteiger partial charge in [0.15, 0.2) is 0 Å². The summed E-state index contributed by atoms with van der Waals surface area (Å²) in [5.41, 5.74) is 1.23. The minimum atomic E-state index is 0.615. The molecule has 6 fully saturated rings. The quantitative estimate of drug-likeness (QED) is 0.633. The normalized spacial score (nSPS) is 68.2. The fourth-order valence-corrected chi connectivity index (χ4v) is 6.96. The summed E-state index contributed by atoms with van der Waals surface area (Å²) in [5.74, 6) is 5.92. The highest BCUT2D eigenvalue weighted by Crippen LogP contribution is 3.10. The third kappa shape index (κ3) is 0.400. The first-order valence-electron chi connectivity index (χ1n) is 6.30. The van der Waals surface area contributed by atoms with E-state index in [0.29, 0.717) is 10.8 Å². The molecule has 0 aromatic rings. The first kappa shape index (κ1) is 8.21. The highest BCUT2D eigenvalue weighted by Gasteiger charge is 3.09. The lowest BCUT2D eigenvalue weighted by molar-refractivity contribution is -0.662. The van der Waals surface area contributed by atoms with E-state index in [0.717, 1.165) is 48.7 Å². The van der Waals surface area contributed by atoms with Gasteiger partial charge in [0, 0.05) is 10.8 Å². The zero-order valence-corrected chi connectivity index (χ0v) is 9.26. The van der Waals surface area contributed by atoms with Crippen molar-refractivity contribution in [3.05, 3.63) is 25.7 Å². The van der Waals surface area contributed by atoms with E-state index in [1.165, 1.54) is 0 Å². The van der Waals surface area contributed by atoms with Crippen molar-refractivity contribution in [2.24, 2.45) is 46.3 Å². The largest absolute Gasteiger partial charge is 0.501 e. The Labute approximate surface area is 95.3 Å². The molecule has 0 amide bonds. The Balaban J connectivity index is 1.38. The lowest BCUT2D eigenvalue weighted by Crippen LogP contribution is -3.10. The van der Waals surface area contributed by atoms with Crippen LogP contribution in [0, 0.1) is 46.3 Å². The van der Waals surface area contributed by atoms with Crippen molar-refractivity contribution in [2.45, 2.75) is 0 Å². The van der Waals surface area contributed by atoms with Crippen molar-refractivity contribution in [2.75, 3.05) is 13.2 Å². The summed E-state index contributed by atoms with van der Waals surface area (Å²) in [6.45, 7) is 9.18. The van der Waals surface area contributed by atoms with Gasteiger partial charge in [0.25, 0.3) is 0 Å². The molecule has 16 heavy (non-hydrogen) atoms. The predicted octanol–water partition coefficient (Wildman–Crippen LogP) is 2.04. The molecule has 0 aromatic carbocycles. The van der Waals surface area contributed by atoms with E-state index in [-0.39, 0.29) is 0 Å². The van der Waals surface area contributed by atoms with E-state index in [4.69, 9.17) is 9.47 Å². The molecule has 6 rings (SSSR count). The van der Waals surface area contributed by atoms with Crippen LogP contribution in [-0.4, -0.2) is 13.2 Å². The van der Waals surface area contributed by atoms with Crippen molar-refractivity contribution in [3.8, 4) is 0 Å². The van der Waals surface area contributed by atoms with Gasteiger partial charge in [0.2, 0.25) is 0 Å². The van der Waals surface area contributed by atoms with E-state index in [1.807, 2.05) is 0 Å². The summed E-state index contributed by atoms with van der Waals surface area (Å²) >= 11 is 0. The predicted molar refractivity (Wildman–Crippen MR) is 58.1 cm³/mol. The number of hydrogen-bond acceptors (Lipinski definition) is 2. The molecule has 0 aliphatic heterocycles. The summed E-state index contributed by atoms with van der Waals surface area (Å²) in [7, 11) is 0. The van der Waals surface area contributed by atoms with Crippen LogP contribution in [0.5, 0.6) is 0 Å². The van der Waals surface area contributed by atoms with E-state index in [9.17, 15) is 0 Å². The van der Waals surface area contributed by atoms with Crippen molar-refractivity contribution in [1.29, 1.82) is 0 Å². The maximum Gasteiger partial charge on any atom is 0.0937 e. The Bertz CT molecular complexity index is 331. The second-order valence-corrected chi connectivity index (χ2v) is 6.33. The van der Waals surface area contributed by atoms with Crippen LogP contribution in [0.2, 0.25) is 0 Å². The fraction of sp³-hybridized carbons (Fsp3) is 0.714. The molecule has 0 unspecified atom stereocenters.